The van der Waals surface area contributed by atoms with Gasteiger partial charge in [0.1, 0.15) is 0 Å². The molecule has 0 radical (unpaired) electrons. The Morgan fingerprint density at radius 2 is 1.81 bits per heavy atom. The molecule has 0 aliphatic carbocycles. The van der Waals surface area contributed by atoms with Crippen LogP contribution in [-0.2, 0) is 21.2 Å². The van der Waals surface area contributed by atoms with E-state index in [1.165, 1.54) is 17.8 Å². The number of halogens is 1. The molecule has 2 rings (SSSR count). The number of rotatable bonds is 8. The average Bonchev–Trinajstić information content (AvgIpc) is 2.63. The van der Waals surface area contributed by atoms with Crippen LogP contribution in [0.1, 0.15) is 19.4 Å². The zero-order chi connectivity index (χ0) is 20.0. The minimum atomic E-state index is -3.68. The Bertz CT molecular complexity index is 898. The normalized spacial score (nSPS) is 11.6. The van der Waals surface area contributed by atoms with E-state index in [2.05, 4.69) is 10.0 Å². The summed E-state index contributed by atoms with van der Waals surface area (Å²) in [7, 11) is -3.68. The van der Waals surface area contributed by atoms with E-state index in [4.69, 9.17) is 11.6 Å². The fraction of sp³-hybridized carbons (Fsp3) is 0.316. The molecule has 2 N–H and O–H groups in total. The lowest BCUT2D eigenvalue weighted by atomic mass is 10.2. The Balaban J connectivity index is 2.12. The Kier molecular flexibility index (Phi) is 7.73. The highest BCUT2D eigenvalue weighted by Gasteiger charge is 2.17. The summed E-state index contributed by atoms with van der Waals surface area (Å²) in [4.78, 5) is 12.9. The second kappa shape index (κ2) is 9.59. The number of sulfonamides is 1. The summed E-state index contributed by atoms with van der Waals surface area (Å²) >= 11 is 7.29. The van der Waals surface area contributed by atoms with Crippen molar-refractivity contribution >= 4 is 45.0 Å². The molecule has 2 aromatic rings. The first kappa shape index (κ1) is 21.8. The molecule has 0 aromatic heterocycles. The van der Waals surface area contributed by atoms with Crippen LogP contribution in [0.25, 0.3) is 0 Å². The summed E-state index contributed by atoms with van der Waals surface area (Å²) in [5, 5.41) is 3.44. The molecule has 8 heteroatoms. The first-order chi connectivity index (χ1) is 12.7. The smallest absolute Gasteiger partial charge is 0.240 e. The van der Waals surface area contributed by atoms with Crippen molar-refractivity contribution < 1.29 is 13.2 Å². The summed E-state index contributed by atoms with van der Waals surface area (Å²) < 4.78 is 27.8. The predicted molar refractivity (Wildman–Crippen MR) is 112 cm³/mol. The summed E-state index contributed by atoms with van der Waals surface area (Å²) in [6.45, 7) is 3.84. The van der Waals surface area contributed by atoms with E-state index in [9.17, 15) is 13.2 Å². The fourth-order valence-electron chi connectivity index (χ4n) is 2.29. The number of hydrogen-bond donors (Lipinski definition) is 2. The number of nitrogens with one attached hydrogen (secondary N) is 2. The predicted octanol–water partition coefficient (Wildman–Crippen LogP) is 4.18. The molecule has 0 bridgehead atoms. The lowest BCUT2D eigenvalue weighted by Crippen LogP contribution is -2.26. The Labute approximate surface area is 169 Å². The molecule has 0 aliphatic heterocycles. The standard InChI is InChI=1S/C19H23ClN2O3S2/c1-13(2)19(23)22-17-12-16(8-9-18(17)26-3)27(24,25)21-11-10-14-4-6-15(20)7-5-14/h4-9,12-13,21H,10-11H2,1-3H3,(H,22,23). The van der Waals surface area contributed by atoms with Crippen LogP contribution in [0.2, 0.25) is 5.02 Å². The Morgan fingerprint density at radius 3 is 2.41 bits per heavy atom. The van der Waals surface area contributed by atoms with Crippen molar-refractivity contribution in [1.82, 2.24) is 4.72 Å². The number of carbonyl (C=O) groups is 1. The van der Waals surface area contributed by atoms with Crippen LogP contribution in [0.5, 0.6) is 0 Å². The number of carbonyl (C=O) groups excluding carboxylic acids is 1. The highest BCUT2D eigenvalue weighted by molar-refractivity contribution is 7.98. The summed E-state index contributed by atoms with van der Waals surface area (Å²) in [6, 6.07) is 12.0. The van der Waals surface area contributed by atoms with E-state index in [-0.39, 0.29) is 23.3 Å². The lowest BCUT2D eigenvalue weighted by Gasteiger charge is -2.14. The lowest BCUT2D eigenvalue weighted by molar-refractivity contribution is -0.118. The molecule has 0 fully saturated rings. The highest BCUT2D eigenvalue weighted by Crippen LogP contribution is 2.28. The molecule has 1 amide bonds. The van der Waals surface area contributed by atoms with Gasteiger partial charge in [-0.25, -0.2) is 13.1 Å². The van der Waals surface area contributed by atoms with E-state index in [1.807, 2.05) is 18.4 Å². The van der Waals surface area contributed by atoms with Crippen LogP contribution >= 0.6 is 23.4 Å². The third-order valence-electron chi connectivity index (χ3n) is 3.88. The Morgan fingerprint density at radius 1 is 1.15 bits per heavy atom. The van der Waals surface area contributed by atoms with Gasteiger partial charge in [-0.3, -0.25) is 4.79 Å². The van der Waals surface area contributed by atoms with Crippen molar-refractivity contribution in [1.29, 1.82) is 0 Å². The van der Waals surface area contributed by atoms with E-state index < -0.39 is 10.0 Å². The first-order valence-corrected chi connectivity index (χ1v) is 11.5. The number of hydrogen-bond acceptors (Lipinski definition) is 4. The van der Waals surface area contributed by atoms with E-state index in [0.717, 1.165) is 10.5 Å². The van der Waals surface area contributed by atoms with Crippen molar-refractivity contribution in [3.63, 3.8) is 0 Å². The molecule has 27 heavy (non-hydrogen) atoms. The van der Waals surface area contributed by atoms with Crippen LogP contribution in [0.15, 0.2) is 52.3 Å². The van der Waals surface area contributed by atoms with Gasteiger partial charge in [-0.2, -0.15) is 0 Å². The minimum absolute atomic E-state index is 0.121. The topological polar surface area (TPSA) is 75.3 Å². The van der Waals surface area contributed by atoms with Gasteiger partial charge in [0, 0.05) is 22.4 Å². The van der Waals surface area contributed by atoms with Gasteiger partial charge in [0.05, 0.1) is 10.6 Å². The van der Waals surface area contributed by atoms with Gasteiger partial charge in [0.15, 0.2) is 0 Å². The van der Waals surface area contributed by atoms with Gasteiger partial charge in [-0.1, -0.05) is 37.6 Å². The van der Waals surface area contributed by atoms with Crippen LogP contribution in [0.4, 0.5) is 5.69 Å². The fourth-order valence-corrected chi connectivity index (χ4v) is 4.01. The van der Waals surface area contributed by atoms with Gasteiger partial charge in [-0.15, -0.1) is 11.8 Å². The van der Waals surface area contributed by atoms with E-state index >= 15 is 0 Å². The van der Waals surface area contributed by atoms with Crippen LogP contribution in [0, 0.1) is 5.92 Å². The Hall–Kier alpha value is -1.54. The molecule has 0 aliphatic rings. The third-order valence-corrected chi connectivity index (χ3v) is 6.39. The maximum atomic E-state index is 12.6. The molecule has 2 aromatic carbocycles. The quantitative estimate of drug-likeness (QED) is 0.621. The molecule has 146 valence electrons. The number of thioether (sulfide) groups is 1. The van der Waals surface area contributed by atoms with Crippen LogP contribution in [0.3, 0.4) is 0 Å². The van der Waals surface area contributed by atoms with Crippen molar-refractivity contribution in [2.75, 3.05) is 18.1 Å². The van der Waals surface area contributed by atoms with Gasteiger partial charge in [0.25, 0.3) is 0 Å². The molecule has 0 atom stereocenters. The first-order valence-electron chi connectivity index (χ1n) is 8.46. The second-order valence-electron chi connectivity index (χ2n) is 6.28. The average molecular weight is 427 g/mol. The van der Waals surface area contributed by atoms with E-state index in [1.54, 1.807) is 38.1 Å². The number of anilines is 1. The molecule has 0 saturated heterocycles. The monoisotopic (exact) mass is 426 g/mol. The van der Waals surface area contributed by atoms with Gasteiger partial charge < -0.3 is 5.32 Å². The maximum Gasteiger partial charge on any atom is 0.240 e. The molecular weight excluding hydrogens is 404 g/mol. The van der Waals surface area contributed by atoms with Crippen molar-refractivity contribution in [2.45, 2.75) is 30.1 Å². The largest absolute Gasteiger partial charge is 0.325 e. The van der Waals surface area contributed by atoms with Gasteiger partial charge in [-0.05, 0) is 48.6 Å². The summed E-state index contributed by atoms with van der Waals surface area (Å²) in [5.74, 6) is -0.354. The summed E-state index contributed by atoms with van der Waals surface area (Å²) in [6.07, 6.45) is 2.43. The molecule has 0 heterocycles. The molecular formula is C19H23ClN2O3S2. The zero-order valence-electron chi connectivity index (χ0n) is 15.5. The van der Waals surface area contributed by atoms with Gasteiger partial charge >= 0.3 is 0 Å². The van der Waals surface area contributed by atoms with Gasteiger partial charge in [0.2, 0.25) is 15.9 Å². The maximum absolute atomic E-state index is 12.6. The van der Waals surface area contributed by atoms with Crippen molar-refractivity contribution in [3.05, 3.63) is 53.1 Å². The SMILES string of the molecule is CSc1ccc(S(=O)(=O)NCCc2ccc(Cl)cc2)cc1NC(=O)C(C)C. The number of benzene rings is 2. The van der Waals surface area contributed by atoms with Crippen molar-refractivity contribution in [2.24, 2.45) is 5.92 Å². The third kappa shape index (κ3) is 6.24. The minimum Gasteiger partial charge on any atom is -0.325 e. The second-order valence-corrected chi connectivity index (χ2v) is 9.33. The number of amides is 1. The van der Waals surface area contributed by atoms with Crippen LogP contribution in [-0.4, -0.2) is 27.1 Å². The molecule has 0 unspecified atom stereocenters. The molecule has 0 saturated carbocycles. The van der Waals surface area contributed by atoms with Crippen LogP contribution < -0.4 is 10.0 Å². The zero-order valence-corrected chi connectivity index (χ0v) is 17.8. The molecule has 0 spiro atoms. The highest BCUT2D eigenvalue weighted by atomic mass is 35.5. The van der Waals surface area contributed by atoms with Crippen molar-refractivity contribution in [3.8, 4) is 0 Å². The molecule has 5 nitrogen and oxygen atoms in total. The van der Waals surface area contributed by atoms with E-state index in [0.29, 0.717) is 17.1 Å². The summed E-state index contributed by atoms with van der Waals surface area (Å²) in [5.41, 5.74) is 1.49.